The van der Waals surface area contributed by atoms with Crippen LogP contribution in [0, 0.1) is 0 Å². The first kappa shape index (κ1) is 14.4. The van der Waals surface area contributed by atoms with Gasteiger partial charge in [-0.3, -0.25) is 9.78 Å². The molecule has 118 valence electrons. The number of anilines is 1. The summed E-state index contributed by atoms with van der Waals surface area (Å²) < 4.78 is 0. The molecule has 0 radical (unpaired) electrons. The fourth-order valence-electron chi connectivity index (χ4n) is 2.97. The van der Waals surface area contributed by atoms with Crippen LogP contribution in [0.15, 0.2) is 55.0 Å². The topological polar surface area (TPSA) is 70.7 Å². The van der Waals surface area contributed by atoms with Gasteiger partial charge in [-0.25, -0.2) is 4.98 Å². The lowest BCUT2D eigenvalue weighted by Crippen LogP contribution is -2.13. The molecule has 0 atom stereocenters. The monoisotopic (exact) mass is 316 g/mol. The van der Waals surface area contributed by atoms with E-state index in [1.807, 2.05) is 18.2 Å². The van der Waals surface area contributed by atoms with Crippen molar-refractivity contribution >= 4 is 33.4 Å². The van der Waals surface area contributed by atoms with Gasteiger partial charge < -0.3 is 10.3 Å². The molecule has 4 rings (SSSR count). The average molecular weight is 316 g/mol. The molecule has 0 saturated carbocycles. The zero-order chi connectivity index (χ0) is 16.5. The van der Waals surface area contributed by atoms with Crippen molar-refractivity contribution in [1.82, 2.24) is 15.0 Å². The Kier molecular flexibility index (Phi) is 3.46. The predicted molar refractivity (Wildman–Crippen MR) is 95.2 cm³/mol. The van der Waals surface area contributed by atoms with E-state index in [-0.39, 0.29) is 5.91 Å². The van der Waals surface area contributed by atoms with Crippen molar-refractivity contribution in [2.75, 3.05) is 5.32 Å². The minimum atomic E-state index is -0.271. The van der Waals surface area contributed by atoms with E-state index in [1.54, 1.807) is 6.20 Å². The van der Waals surface area contributed by atoms with Crippen molar-refractivity contribution in [3.05, 3.63) is 66.2 Å². The Labute approximate surface area is 138 Å². The van der Waals surface area contributed by atoms with Gasteiger partial charge in [-0.05, 0) is 24.1 Å². The van der Waals surface area contributed by atoms with Crippen LogP contribution in [0.4, 0.5) is 5.69 Å². The van der Waals surface area contributed by atoms with Crippen LogP contribution >= 0.6 is 0 Å². The number of para-hydroxylation sites is 1. The first-order valence-electron chi connectivity index (χ1n) is 7.87. The van der Waals surface area contributed by atoms with Crippen LogP contribution in [0.3, 0.4) is 0 Å². The van der Waals surface area contributed by atoms with E-state index in [2.05, 4.69) is 45.4 Å². The summed E-state index contributed by atoms with van der Waals surface area (Å²) in [5, 5.41) is 5.22. The average Bonchev–Trinajstić information content (AvgIpc) is 3.00. The number of fused-ring (bicyclic) bond motifs is 3. The van der Waals surface area contributed by atoms with Gasteiger partial charge in [-0.1, -0.05) is 31.2 Å². The fraction of sp³-hybridized carbons (Fsp3) is 0.105. The standard InChI is InChI=1S/C19H16N4O/c1-2-12-4-3-5-15-14-7-6-13(10-16(14)23-18(12)15)22-19(24)17-11-20-8-9-21-17/h3-11,23H,2H2,1H3,(H,22,24). The number of carbonyl (C=O) groups is 1. The first-order valence-corrected chi connectivity index (χ1v) is 7.87. The molecule has 5 heteroatoms. The van der Waals surface area contributed by atoms with E-state index >= 15 is 0 Å². The number of benzene rings is 2. The summed E-state index contributed by atoms with van der Waals surface area (Å²) in [6.45, 7) is 2.15. The first-order chi connectivity index (χ1) is 11.8. The van der Waals surface area contributed by atoms with Crippen LogP contribution < -0.4 is 5.32 Å². The summed E-state index contributed by atoms with van der Waals surface area (Å²) in [7, 11) is 0. The Morgan fingerprint density at radius 3 is 2.88 bits per heavy atom. The second-order valence-electron chi connectivity index (χ2n) is 5.62. The molecule has 24 heavy (non-hydrogen) atoms. The molecular weight excluding hydrogens is 300 g/mol. The van der Waals surface area contributed by atoms with Crippen molar-refractivity contribution < 1.29 is 4.79 Å². The molecule has 0 saturated heterocycles. The van der Waals surface area contributed by atoms with Gasteiger partial charge in [0.2, 0.25) is 0 Å². The Morgan fingerprint density at radius 1 is 1.17 bits per heavy atom. The van der Waals surface area contributed by atoms with E-state index in [4.69, 9.17) is 0 Å². The van der Waals surface area contributed by atoms with Gasteiger partial charge in [0.1, 0.15) is 5.69 Å². The number of aryl methyl sites for hydroxylation is 1. The Hall–Kier alpha value is -3.21. The molecule has 2 aromatic heterocycles. The summed E-state index contributed by atoms with van der Waals surface area (Å²) in [6, 6.07) is 12.2. The van der Waals surface area contributed by atoms with Crippen molar-refractivity contribution in [3.63, 3.8) is 0 Å². The number of hydrogen-bond donors (Lipinski definition) is 2. The second kappa shape index (κ2) is 5.77. The number of hydrogen-bond acceptors (Lipinski definition) is 3. The highest BCUT2D eigenvalue weighted by molar-refractivity contribution is 6.10. The highest BCUT2D eigenvalue weighted by Crippen LogP contribution is 2.29. The Morgan fingerprint density at radius 2 is 2.08 bits per heavy atom. The highest BCUT2D eigenvalue weighted by atomic mass is 16.1. The quantitative estimate of drug-likeness (QED) is 0.601. The van der Waals surface area contributed by atoms with Gasteiger partial charge in [-0.2, -0.15) is 0 Å². The third kappa shape index (κ3) is 2.40. The molecule has 2 aromatic carbocycles. The van der Waals surface area contributed by atoms with E-state index in [0.717, 1.165) is 28.5 Å². The maximum Gasteiger partial charge on any atom is 0.275 e. The summed E-state index contributed by atoms with van der Waals surface area (Å²) in [5.41, 5.74) is 4.47. The smallest absolute Gasteiger partial charge is 0.275 e. The Balaban J connectivity index is 1.73. The summed E-state index contributed by atoms with van der Waals surface area (Å²) in [4.78, 5) is 23.6. The van der Waals surface area contributed by atoms with Gasteiger partial charge in [0.25, 0.3) is 5.91 Å². The number of nitrogens with one attached hydrogen (secondary N) is 2. The maximum absolute atomic E-state index is 12.2. The highest BCUT2D eigenvalue weighted by Gasteiger charge is 2.10. The molecule has 0 aliphatic rings. The summed E-state index contributed by atoms with van der Waals surface area (Å²) >= 11 is 0. The maximum atomic E-state index is 12.2. The number of rotatable bonds is 3. The molecule has 0 aliphatic carbocycles. The van der Waals surface area contributed by atoms with Crippen molar-refractivity contribution in [2.24, 2.45) is 0 Å². The zero-order valence-corrected chi connectivity index (χ0v) is 13.2. The molecule has 4 aromatic rings. The minimum Gasteiger partial charge on any atom is -0.354 e. The second-order valence-corrected chi connectivity index (χ2v) is 5.62. The van der Waals surface area contributed by atoms with Crippen molar-refractivity contribution in [1.29, 1.82) is 0 Å². The van der Waals surface area contributed by atoms with Crippen LogP contribution in [0.5, 0.6) is 0 Å². The van der Waals surface area contributed by atoms with Crippen LogP contribution in [0.1, 0.15) is 23.0 Å². The lowest BCUT2D eigenvalue weighted by atomic mass is 10.1. The third-order valence-corrected chi connectivity index (χ3v) is 4.15. The van der Waals surface area contributed by atoms with Crippen molar-refractivity contribution in [2.45, 2.75) is 13.3 Å². The molecule has 0 bridgehead atoms. The predicted octanol–water partition coefficient (Wildman–Crippen LogP) is 3.93. The fourth-order valence-corrected chi connectivity index (χ4v) is 2.97. The molecule has 1 amide bonds. The number of carbonyl (C=O) groups excluding carboxylic acids is 1. The molecule has 0 fully saturated rings. The van der Waals surface area contributed by atoms with Gasteiger partial charge in [0.05, 0.1) is 6.20 Å². The zero-order valence-electron chi connectivity index (χ0n) is 13.2. The molecule has 2 heterocycles. The van der Waals surface area contributed by atoms with E-state index in [1.165, 1.54) is 23.3 Å². The van der Waals surface area contributed by atoms with E-state index in [9.17, 15) is 4.79 Å². The van der Waals surface area contributed by atoms with E-state index in [0.29, 0.717) is 5.69 Å². The van der Waals surface area contributed by atoms with Gasteiger partial charge in [0, 0.05) is 39.9 Å². The Bertz CT molecular complexity index is 1040. The molecule has 2 N–H and O–H groups in total. The number of nitrogens with zero attached hydrogens (tertiary/aromatic N) is 2. The SMILES string of the molecule is CCc1cccc2c1[nH]c1cc(NC(=O)c3cnccn3)ccc12. The minimum absolute atomic E-state index is 0.271. The van der Waals surface area contributed by atoms with Crippen LogP contribution in [0.25, 0.3) is 21.8 Å². The lowest BCUT2D eigenvalue weighted by Gasteiger charge is -2.04. The van der Waals surface area contributed by atoms with Gasteiger partial charge >= 0.3 is 0 Å². The molecule has 0 aliphatic heterocycles. The van der Waals surface area contributed by atoms with Crippen LogP contribution in [-0.2, 0) is 6.42 Å². The molecule has 5 nitrogen and oxygen atoms in total. The number of aromatic amines is 1. The summed E-state index contributed by atoms with van der Waals surface area (Å²) in [6.07, 6.45) is 5.46. The van der Waals surface area contributed by atoms with Gasteiger partial charge in [-0.15, -0.1) is 0 Å². The number of amides is 1. The largest absolute Gasteiger partial charge is 0.354 e. The van der Waals surface area contributed by atoms with Crippen molar-refractivity contribution in [3.8, 4) is 0 Å². The van der Waals surface area contributed by atoms with Crippen LogP contribution in [-0.4, -0.2) is 20.9 Å². The normalized spacial score (nSPS) is 11.0. The molecular formula is C19H16N4O. The molecule has 0 unspecified atom stereocenters. The molecule has 0 spiro atoms. The van der Waals surface area contributed by atoms with Gasteiger partial charge in [0.15, 0.2) is 0 Å². The lowest BCUT2D eigenvalue weighted by molar-refractivity contribution is 0.102. The van der Waals surface area contributed by atoms with E-state index < -0.39 is 0 Å². The summed E-state index contributed by atoms with van der Waals surface area (Å²) in [5.74, 6) is -0.271. The third-order valence-electron chi connectivity index (χ3n) is 4.15. The van der Waals surface area contributed by atoms with Crippen LogP contribution in [0.2, 0.25) is 0 Å². The number of H-pyrrole nitrogens is 1. The number of aromatic nitrogens is 3.